The van der Waals surface area contributed by atoms with E-state index < -0.39 is 0 Å². The maximum Gasteiger partial charge on any atom is 0.222 e. The van der Waals surface area contributed by atoms with Gasteiger partial charge < -0.3 is 10.2 Å². The lowest BCUT2D eigenvalue weighted by atomic mass is 9.94. The molecule has 3 heteroatoms. The van der Waals surface area contributed by atoms with Crippen LogP contribution in [0.15, 0.2) is 0 Å². The van der Waals surface area contributed by atoms with Gasteiger partial charge in [-0.3, -0.25) is 4.79 Å². The summed E-state index contributed by atoms with van der Waals surface area (Å²) in [5.74, 6) is 1.07. The highest BCUT2D eigenvalue weighted by Crippen LogP contribution is 2.24. The van der Waals surface area contributed by atoms with E-state index in [-0.39, 0.29) is 0 Å². The number of carbonyl (C=O) groups excluding carboxylic acids is 1. The van der Waals surface area contributed by atoms with Gasteiger partial charge in [-0.1, -0.05) is 6.92 Å². The standard InChI is InChI=1S/C11H20N2O/c1-2-3-11(14)13-8-9-4-5-10(13)7-12-6-9/h9-10,12H,2-8H2,1H3. The Bertz CT molecular complexity index is 213. The second kappa shape index (κ2) is 4.30. The Morgan fingerprint density at radius 3 is 3.07 bits per heavy atom. The van der Waals surface area contributed by atoms with E-state index in [1.807, 2.05) is 0 Å². The molecule has 3 aliphatic heterocycles. The minimum Gasteiger partial charge on any atom is -0.338 e. The van der Waals surface area contributed by atoms with Crippen molar-refractivity contribution in [2.75, 3.05) is 19.6 Å². The molecule has 2 bridgehead atoms. The van der Waals surface area contributed by atoms with E-state index in [1.165, 1.54) is 12.8 Å². The highest BCUT2D eigenvalue weighted by atomic mass is 16.2. The highest BCUT2D eigenvalue weighted by molar-refractivity contribution is 5.76. The number of carbonyl (C=O) groups is 1. The summed E-state index contributed by atoms with van der Waals surface area (Å²) < 4.78 is 0. The summed E-state index contributed by atoms with van der Waals surface area (Å²) in [6, 6.07) is 0.479. The summed E-state index contributed by atoms with van der Waals surface area (Å²) in [6.45, 7) is 5.18. The maximum absolute atomic E-state index is 11.8. The molecule has 80 valence electrons. The fourth-order valence-corrected chi connectivity index (χ4v) is 2.60. The smallest absolute Gasteiger partial charge is 0.222 e. The van der Waals surface area contributed by atoms with Gasteiger partial charge in [-0.05, 0) is 31.7 Å². The molecule has 0 spiro atoms. The molecule has 0 aliphatic carbocycles. The van der Waals surface area contributed by atoms with Crippen molar-refractivity contribution in [2.24, 2.45) is 5.92 Å². The number of hydrogen-bond acceptors (Lipinski definition) is 2. The fourth-order valence-electron chi connectivity index (χ4n) is 2.60. The predicted molar refractivity (Wildman–Crippen MR) is 56.0 cm³/mol. The van der Waals surface area contributed by atoms with Crippen molar-refractivity contribution in [3.8, 4) is 0 Å². The number of amides is 1. The first kappa shape index (κ1) is 9.97. The lowest BCUT2D eigenvalue weighted by Gasteiger charge is -2.36. The van der Waals surface area contributed by atoms with Crippen LogP contribution in [0.1, 0.15) is 32.6 Å². The normalized spacial score (nSPS) is 31.6. The molecule has 1 amide bonds. The van der Waals surface area contributed by atoms with E-state index in [1.54, 1.807) is 0 Å². The van der Waals surface area contributed by atoms with Gasteiger partial charge in [0.2, 0.25) is 5.91 Å². The van der Waals surface area contributed by atoms with Gasteiger partial charge in [-0.2, -0.15) is 0 Å². The SMILES string of the molecule is CCCC(=O)N1CC2CCC1CNC2. The number of nitrogens with one attached hydrogen (secondary N) is 1. The zero-order valence-electron chi connectivity index (χ0n) is 8.96. The highest BCUT2D eigenvalue weighted by Gasteiger charge is 2.33. The summed E-state index contributed by atoms with van der Waals surface area (Å²) in [4.78, 5) is 14.0. The van der Waals surface area contributed by atoms with E-state index in [0.717, 1.165) is 32.5 Å². The Morgan fingerprint density at radius 2 is 2.29 bits per heavy atom. The largest absolute Gasteiger partial charge is 0.338 e. The van der Waals surface area contributed by atoms with Gasteiger partial charge in [0.25, 0.3) is 0 Å². The molecule has 1 N–H and O–H groups in total. The van der Waals surface area contributed by atoms with Crippen LogP contribution in [0, 0.1) is 5.92 Å². The van der Waals surface area contributed by atoms with E-state index in [2.05, 4.69) is 17.1 Å². The number of piperidine rings is 1. The first-order valence-electron chi connectivity index (χ1n) is 5.81. The molecule has 2 atom stereocenters. The average molecular weight is 196 g/mol. The fraction of sp³-hybridized carbons (Fsp3) is 0.909. The Balaban J connectivity index is 2.01. The quantitative estimate of drug-likeness (QED) is 0.714. The molecule has 3 fully saturated rings. The molecule has 3 nitrogen and oxygen atoms in total. The molecule has 2 unspecified atom stereocenters. The molecule has 0 saturated carbocycles. The predicted octanol–water partition coefficient (Wildman–Crippen LogP) is 0.997. The van der Waals surface area contributed by atoms with Gasteiger partial charge in [-0.15, -0.1) is 0 Å². The van der Waals surface area contributed by atoms with Crippen LogP contribution in [0.25, 0.3) is 0 Å². The Labute approximate surface area is 85.8 Å². The van der Waals surface area contributed by atoms with Crippen molar-refractivity contribution in [3.05, 3.63) is 0 Å². The second-order valence-corrected chi connectivity index (χ2v) is 4.55. The number of hydrogen-bond donors (Lipinski definition) is 1. The topological polar surface area (TPSA) is 32.3 Å². The zero-order valence-corrected chi connectivity index (χ0v) is 8.96. The first-order chi connectivity index (χ1) is 6.81. The van der Waals surface area contributed by atoms with Crippen molar-refractivity contribution in [2.45, 2.75) is 38.6 Å². The second-order valence-electron chi connectivity index (χ2n) is 4.55. The zero-order chi connectivity index (χ0) is 9.97. The van der Waals surface area contributed by atoms with Gasteiger partial charge in [0.1, 0.15) is 0 Å². The number of fused-ring (bicyclic) bond motifs is 4. The third-order valence-electron chi connectivity index (χ3n) is 3.40. The maximum atomic E-state index is 11.8. The van der Waals surface area contributed by atoms with Crippen LogP contribution in [0.5, 0.6) is 0 Å². The molecular formula is C11H20N2O. The third-order valence-corrected chi connectivity index (χ3v) is 3.40. The summed E-state index contributed by atoms with van der Waals surface area (Å²) in [6.07, 6.45) is 4.20. The van der Waals surface area contributed by atoms with E-state index >= 15 is 0 Å². The van der Waals surface area contributed by atoms with E-state index in [9.17, 15) is 4.79 Å². The summed E-state index contributed by atoms with van der Waals surface area (Å²) in [5, 5.41) is 3.44. The van der Waals surface area contributed by atoms with Crippen LogP contribution >= 0.6 is 0 Å². The lowest BCUT2D eigenvalue weighted by Crippen LogP contribution is -2.47. The van der Waals surface area contributed by atoms with Crippen LogP contribution in [-0.4, -0.2) is 36.5 Å². The van der Waals surface area contributed by atoms with Crippen molar-refractivity contribution in [1.29, 1.82) is 0 Å². The average Bonchev–Trinajstić information content (AvgIpc) is 2.52. The monoisotopic (exact) mass is 196 g/mol. The van der Waals surface area contributed by atoms with Crippen molar-refractivity contribution >= 4 is 5.91 Å². The molecule has 3 heterocycles. The number of rotatable bonds is 2. The molecular weight excluding hydrogens is 176 g/mol. The Kier molecular flexibility index (Phi) is 3.06. The van der Waals surface area contributed by atoms with Gasteiger partial charge in [0, 0.05) is 25.6 Å². The molecule has 0 aromatic carbocycles. The molecule has 0 aromatic heterocycles. The number of nitrogens with zero attached hydrogens (tertiary/aromatic N) is 1. The summed E-state index contributed by atoms with van der Waals surface area (Å²) >= 11 is 0. The van der Waals surface area contributed by atoms with Gasteiger partial charge >= 0.3 is 0 Å². The summed E-state index contributed by atoms with van der Waals surface area (Å²) in [5.41, 5.74) is 0. The van der Waals surface area contributed by atoms with E-state index in [4.69, 9.17) is 0 Å². The van der Waals surface area contributed by atoms with Gasteiger partial charge in [-0.25, -0.2) is 0 Å². The van der Waals surface area contributed by atoms with E-state index in [0.29, 0.717) is 17.9 Å². The van der Waals surface area contributed by atoms with Gasteiger partial charge in [0.15, 0.2) is 0 Å². The van der Waals surface area contributed by atoms with Crippen LogP contribution in [0.2, 0.25) is 0 Å². The minimum atomic E-state index is 0.367. The van der Waals surface area contributed by atoms with Crippen LogP contribution < -0.4 is 5.32 Å². The van der Waals surface area contributed by atoms with Crippen molar-refractivity contribution in [3.63, 3.8) is 0 Å². The third kappa shape index (κ3) is 1.92. The van der Waals surface area contributed by atoms with Crippen LogP contribution in [0.4, 0.5) is 0 Å². The van der Waals surface area contributed by atoms with Crippen molar-refractivity contribution in [1.82, 2.24) is 10.2 Å². The molecule has 0 aromatic rings. The minimum absolute atomic E-state index is 0.367. The molecule has 3 rings (SSSR count). The lowest BCUT2D eigenvalue weighted by molar-refractivity contribution is -0.135. The molecule has 3 saturated heterocycles. The Hall–Kier alpha value is -0.570. The summed E-state index contributed by atoms with van der Waals surface area (Å²) in [7, 11) is 0. The molecule has 0 radical (unpaired) electrons. The van der Waals surface area contributed by atoms with Crippen LogP contribution in [0.3, 0.4) is 0 Å². The first-order valence-corrected chi connectivity index (χ1v) is 5.81. The van der Waals surface area contributed by atoms with Crippen LogP contribution in [-0.2, 0) is 4.79 Å². The molecule has 3 aliphatic rings. The Morgan fingerprint density at radius 1 is 1.43 bits per heavy atom. The van der Waals surface area contributed by atoms with Crippen molar-refractivity contribution < 1.29 is 4.79 Å². The molecule has 14 heavy (non-hydrogen) atoms. The van der Waals surface area contributed by atoms with Gasteiger partial charge in [0.05, 0.1) is 0 Å².